The minimum atomic E-state index is 0.673. The first-order valence-electron chi connectivity index (χ1n) is 7.85. The maximum atomic E-state index is 6.06. The second-order valence-electron chi connectivity index (χ2n) is 5.75. The highest BCUT2D eigenvalue weighted by atomic mass is 35.5. The summed E-state index contributed by atoms with van der Waals surface area (Å²) < 4.78 is 10.0. The Hall–Kier alpha value is -1.89. The Bertz CT molecular complexity index is 869. The number of hydrogen-bond acceptors (Lipinski definition) is 3. The van der Waals surface area contributed by atoms with Crippen LogP contribution < -0.4 is 4.90 Å². The van der Waals surface area contributed by atoms with Crippen molar-refractivity contribution in [2.45, 2.75) is 26.7 Å². The van der Waals surface area contributed by atoms with E-state index in [-0.39, 0.29) is 0 Å². The molecule has 3 rings (SSSR count). The van der Waals surface area contributed by atoms with E-state index in [0.29, 0.717) is 11.4 Å². The summed E-state index contributed by atoms with van der Waals surface area (Å²) in [4.78, 5) is 1.26. The number of furan rings is 1. The molecule has 1 unspecified atom stereocenters. The highest BCUT2D eigenvalue weighted by Gasteiger charge is 2.16. The first kappa shape index (κ1) is 17.0. The van der Waals surface area contributed by atoms with Gasteiger partial charge in [0.1, 0.15) is 6.54 Å². The number of rotatable bonds is 6. The first-order chi connectivity index (χ1) is 11.6. The Labute approximate surface area is 151 Å². The standard InChI is InChI=1S/C17H19ClN4OS/c1-3-21-16(15-8-5-9-23-15)19-22(17(21)24)12-20(2)11-13-6-4-7-14(18)10-13/h4-10H,3,11-12H2,1-2H3/p+1. The molecule has 0 bridgehead atoms. The average molecular weight is 364 g/mol. The first-order valence-corrected chi connectivity index (χ1v) is 8.64. The second kappa shape index (κ2) is 7.34. The summed E-state index contributed by atoms with van der Waals surface area (Å²) >= 11 is 11.6. The van der Waals surface area contributed by atoms with E-state index >= 15 is 0 Å². The van der Waals surface area contributed by atoms with Crippen LogP contribution in [-0.2, 0) is 19.8 Å². The molecule has 0 aliphatic carbocycles. The smallest absolute Gasteiger partial charge is 0.203 e. The molecular weight excluding hydrogens is 344 g/mol. The quantitative estimate of drug-likeness (QED) is 0.684. The molecule has 0 saturated heterocycles. The van der Waals surface area contributed by atoms with E-state index in [1.54, 1.807) is 6.26 Å². The summed E-state index contributed by atoms with van der Waals surface area (Å²) in [6, 6.07) is 11.7. The lowest BCUT2D eigenvalue weighted by molar-refractivity contribution is -0.917. The van der Waals surface area contributed by atoms with Crippen molar-refractivity contribution in [1.29, 1.82) is 0 Å². The zero-order valence-corrected chi connectivity index (χ0v) is 15.3. The molecule has 0 aliphatic rings. The van der Waals surface area contributed by atoms with E-state index in [2.05, 4.69) is 25.1 Å². The summed E-state index contributed by atoms with van der Waals surface area (Å²) in [6.45, 7) is 4.32. The van der Waals surface area contributed by atoms with Gasteiger partial charge in [-0.1, -0.05) is 23.7 Å². The SMILES string of the molecule is CCn1c(-c2ccco2)nn(C[NH+](C)Cc2cccc(Cl)c2)c1=S. The lowest BCUT2D eigenvalue weighted by atomic mass is 10.2. The fourth-order valence-electron chi connectivity index (χ4n) is 2.72. The summed E-state index contributed by atoms with van der Waals surface area (Å²) in [6.07, 6.45) is 1.65. The molecule has 5 nitrogen and oxygen atoms in total. The number of aromatic nitrogens is 3. The van der Waals surface area contributed by atoms with Crippen LogP contribution in [0.25, 0.3) is 11.6 Å². The van der Waals surface area contributed by atoms with Gasteiger partial charge in [-0.3, -0.25) is 4.57 Å². The van der Waals surface area contributed by atoms with Gasteiger partial charge in [-0.15, -0.1) is 5.10 Å². The fourth-order valence-corrected chi connectivity index (χ4v) is 3.26. The molecule has 0 spiro atoms. The normalized spacial score (nSPS) is 12.5. The maximum Gasteiger partial charge on any atom is 0.203 e. The minimum absolute atomic E-state index is 0.673. The molecule has 0 aliphatic heterocycles. The fraction of sp³-hybridized carbons (Fsp3) is 0.294. The Morgan fingerprint density at radius 1 is 1.29 bits per heavy atom. The molecule has 0 saturated carbocycles. The van der Waals surface area contributed by atoms with Gasteiger partial charge in [-0.05, 0) is 43.4 Å². The molecule has 0 amide bonds. The van der Waals surface area contributed by atoms with Crippen LogP contribution in [0.15, 0.2) is 47.1 Å². The van der Waals surface area contributed by atoms with Crippen LogP contribution >= 0.6 is 23.8 Å². The predicted octanol–water partition coefficient (Wildman–Crippen LogP) is 3.02. The lowest BCUT2D eigenvalue weighted by Gasteiger charge is -2.13. The molecule has 1 N–H and O–H groups in total. The van der Waals surface area contributed by atoms with Crippen molar-refractivity contribution in [3.63, 3.8) is 0 Å². The van der Waals surface area contributed by atoms with Gasteiger partial charge < -0.3 is 9.32 Å². The molecular formula is C17H20ClN4OS+. The summed E-state index contributed by atoms with van der Waals surface area (Å²) in [7, 11) is 2.11. The van der Waals surface area contributed by atoms with Gasteiger partial charge >= 0.3 is 0 Å². The third kappa shape index (κ3) is 3.61. The largest absolute Gasteiger partial charge is 0.461 e. The van der Waals surface area contributed by atoms with E-state index in [1.165, 1.54) is 10.5 Å². The van der Waals surface area contributed by atoms with Crippen LogP contribution in [0.2, 0.25) is 5.02 Å². The van der Waals surface area contributed by atoms with Crippen LogP contribution in [-0.4, -0.2) is 21.4 Å². The van der Waals surface area contributed by atoms with E-state index < -0.39 is 0 Å². The van der Waals surface area contributed by atoms with Crippen molar-refractivity contribution in [2.24, 2.45) is 0 Å². The second-order valence-corrected chi connectivity index (χ2v) is 6.55. The third-order valence-electron chi connectivity index (χ3n) is 3.80. The molecule has 0 fully saturated rings. The van der Waals surface area contributed by atoms with E-state index in [0.717, 1.165) is 29.7 Å². The lowest BCUT2D eigenvalue weighted by Crippen LogP contribution is -3.07. The zero-order chi connectivity index (χ0) is 17.1. The molecule has 126 valence electrons. The van der Waals surface area contributed by atoms with Crippen molar-refractivity contribution >= 4 is 23.8 Å². The van der Waals surface area contributed by atoms with Crippen molar-refractivity contribution in [1.82, 2.24) is 14.3 Å². The van der Waals surface area contributed by atoms with Crippen LogP contribution in [0.1, 0.15) is 12.5 Å². The van der Waals surface area contributed by atoms with Gasteiger partial charge in [0.25, 0.3) is 0 Å². The molecule has 3 aromatic rings. The van der Waals surface area contributed by atoms with Crippen molar-refractivity contribution in [2.75, 3.05) is 7.05 Å². The van der Waals surface area contributed by atoms with Gasteiger partial charge in [0.15, 0.2) is 18.3 Å². The highest BCUT2D eigenvalue weighted by Crippen LogP contribution is 2.18. The van der Waals surface area contributed by atoms with Crippen molar-refractivity contribution in [3.8, 4) is 11.6 Å². The average Bonchev–Trinajstić information content (AvgIpc) is 3.16. The number of benzene rings is 1. The van der Waals surface area contributed by atoms with Crippen LogP contribution in [0.4, 0.5) is 0 Å². The molecule has 2 heterocycles. The van der Waals surface area contributed by atoms with E-state index in [9.17, 15) is 0 Å². The Kier molecular flexibility index (Phi) is 5.18. The van der Waals surface area contributed by atoms with Crippen molar-refractivity contribution in [3.05, 3.63) is 58.0 Å². The topological polar surface area (TPSA) is 40.3 Å². The summed E-state index contributed by atoms with van der Waals surface area (Å²) in [5, 5.41) is 5.41. The molecule has 24 heavy (non-hydrogen) atoms. The number of quaternary nitrogens is 1. The summed E-state index contributed by atoms with van der Waals surface area (Å²) in [5.74, 6) is 1.50. The molecule has 1 atom stereocenters. The Morgan fingerprint density at radius 3 is 2.79 bits per heavy atom. The third-order valence-corrected chi connectivity index (χ3v) is 4.46. The van der Waals surface area contributed by atoms with Crippen LogP contribution in [0.3, 0.4) is 0 Å². The van der Waals surface area contributed by atoms with Gasteiger partial charge in [0.05, 0.1) is 13.3 Å². The monoisotopic (exact) mass is 363 g/mol. The van der Waals surface area contributed by atoms with Crippen LogP contribution in [0.5, 0.6) is 0 Å². The molecule has 7 heteroatoms. The van der Waals surface area contributed by atoms with Gasteiger partial charge in [0.2, 0.25) is 4.77 Å². The number of nitrogens with zero attached hydrogens (tertiary/aromatic N) is 3. The van der Waals surface area contributed by atoms with Gasteiger partial charge in [0, 0.05) is 17.1 Å². The predicted molar refractivity (Wildman–Crippen MR) is 96.5 cm³/mol. The number of hydrogen-bond donors (Lipinski definition) is 1. The maximum absolute atomic E-state index is 6.06. The number of nitrogens with one attached hydrogen (secondary N) is 1. The molecule has 1 aromatic carbocycles. The highest BCUT2D eigenvalue weighted by molar-refractivity contribution is 7.71. The molecule has 0 radical (unpaired) electrons. The number of halogens is 1. The van der Waals surface area contributed by atoms with Gasteiger partial charge in [-0.2, -0.15) is 4.68 Å². The van der Waals surface area contributed by atoms with Crippen LogP contribution in [0, 0.1) is 4.77 Å². The van der Waals surface area contributed by atoms with E-state index in [1.807, 2.05) is 39.6 Å². The molecule has 2 aromatic heterocycles. The zero-order valence-electron chi connectivity index (χ0n) is 13.7. The Balaban J connectivity index is 1.81. The van der Waals surface area contributed by atoms with Crippen molar-refractivity contribution < 1.29 is 9.32 Å². The Morgan fingerprint density at radius 2 is 2.12 bits per heavy atom. The minimum Gasteiger partial charge on any atom is -0.461 e. The van der Waals surface area contributed by atoms with Gasteiger partial charge in [-0.25, -0.2) is 0 Å². The summed E-state index contributed by atoms with van der Waals surface area (Å²) in [5.41, 5.74) is 1.19. The van der Waals surface area contributed by atoms with E-state index in [4.69, 9.17) is 28.2 Å².